The summed E-state index contributed by atoms with van der Waals surface area (Å²) in [5.74, 6) is -0.508. The highest BCUT2D eigenvalue weighted by Crippen LogP contribution is 2.34. The monoisotopic (exact) mass is 511 g/mol. The van der Waals surface area contributed by atoms with E-state index in [9.17, 15) is 14.0 Å². The minimum Gasteiger partial charge on any atom is -0.488 e. The molecule has 1 aliphatic rings. The van der Waals surface area contributed by atoms with Crippen molar-refractivity contribution in [3.63, 3.8) is 0 Å². The van der Waals surface area contributed by atoms with Crippen LogP contribution in [0.2, 0.25) is 0 Å². The first-order chi connectivity index (χ1) is 17.5. The van der Waals surface area contributed by atoms with Gasteiger partial charge in [-0.2, -0.15) is 0 Å². The highest BCUT2D eigenvalue weighted by atomic mass is 32.1. The molecule has 1 N–H and O–H groups in total. The lowest BCUT2D eigenvalue weighted by molar-refractivity contribution is -0.135. The Hall–Kier alpha value is -3.43. The van der Waals surface area contributed by atoms with E-state index in [0.29, 0.717) is 18.8 Å². The number of nitrogens with one attached hydrogen (secondary N) is 1. The van der Waals surface area contributed by atoms with Crippen LogP contribution in [0.3, 0.4) is 0 Å². The summed E-state index contributed by atoms with van der Waals surface area (Å²) in [6.07, 6.45) is 0.725. The van der Waals surface area contributed by atoms with Crippen LogP contribution in [0.15, 0.2) is 60.0 Å². The van der Waals surface area contributed by atoms with Gasteiger partial charge in [-0.25, -0.2) is 9.18 Å². The molecule has 7 nitrogen and oxygen atoms in total. The third-order valence-electron chi connectivity index (χ3n) is 6.13. The average Bonchev–Trinajstić information content (AvgIpc) is 3.36. The molecule has 3 amide bonds. The van der Waals surface area contributed by atoms with Crippen molar-refractivity contribution in [3.8, 4) is 5.75 Å². The van der Waals surface area contributed by atoms with Crippen LogP contribution < -0.4 is 10.1 Å². The van der Waals surface area contributed by atoms with Gasteiger partial charge in [-0.3, -0.25) is 4.79 Å². The van der Waals surface area contributed by atoms with Crippen LogP contribution in [0.1, 0.15) is 22.0 Å². The Balaban J connectivity index is 1.49. The van der Waals surface area contributed by atoms with Crippen LogP contribution in [-0.2, 0) is 16.0 Å². The number of urea groups is 1. The third-order valence-corrected chi connectivity index (χ3v) is 7.13. The van der Waals surface area contributed by atoms with Crippen molar-refractivity contribution in [1.29, 1.82) is 0 Å². The molecule has 3 aromatic rings. The van der Waals surface area contributed by atoms with E-state index in [1.165, 1.54) is 15.8 Å². The Bertz CT molecular complexity index is 1180. The number of aryl methyl sites for hydroxylation is 1. The van der Waals surface area contributed by atoms with Gasteiger partial charge in [0.25, 0.3) is 0 Å². The van der Waals surface area contributed by atoms with E-state index in [-0.39, 0.29) is 43.4 Å². The second-order valence-corrected chi connectivity index (χ2v) is 9.60. The molecule has 0 aliphatic carbocycles. The molecule has 0 saturated carbocycles. The highest BCUT2D eigenvalue weighted by Gasteiger charge is 2.33. The van der Waals surface area contributed by atoms with E-state index >= 15 is 0 Å². The second kappa shape index (κ2) is 12.0. The zero-order valence-corrected chi connectivity index (χ0v) is 21.2. The van der Waals surface area contributed by atoms with Crippen LogP contribution in [-0.4, -0.2) is 61.7 Å². The molecule has 0 fully saturated rings. The molecule has 190 valence electrons. The van der Waals surface area contributed by atoms with Crippen molar-refractivity contribution in [2.75, 3.05) is 45.3 Å². The quantitative estimate of drug-likeness (QED) is 0.445. The van der Waals surface area contributed by atoms with Gasteiger partial charge in [0.2, 0.25) is 5.91 Å². The Morgan fingerprint density at radius 1 is 1.17 bits per heavy atom. The van der Waals surface area contributed by atoms with Crippen molar-refractivity contribution in [2.45, 2.75) is 19.4 Å². The topological polar surface area (TPSA) is 71.1 Å². The zero-order chi connectivity index (χ0) is 25.5. The first kappa shape index (κ1) is 25.7. The zero-order valence-electron chi connectivity index (χ0n) is 20.4. The SMILES string of the molecule is COCCN(CC(=O)N1CCc2sccc2[C@H]1COc1ccccc1F)C(=O)Nc1ccc(C)cc1. The largest absolute Gasteiger partial charge is 0.488 e. The second-order valence-electron chi connectivity index (χ2n) is 8.60. The number of carbonyl (C=O) groups excluding carboxylic acids is 2. The number of hydrogen-bond donors (Lipinski definition) is 1. The maximum absolute atomic E-state index is 14.1. The van der Waals surface area contributed by atoms with Crippen molar-refractivity contribution >= 4 is 29.0 Å². The van der Waals surface area contributed by atoms with E-state index in [1.807, 2.05) is 42.6 Å². The minimum absolute atomic E-state index is 0.114. The lowest BCUT2D eigenvalue weighted by Crippen LogP contribution is -2.49. The lowest BCUT2D eigenvalue weighted by atomic mass is 10.0. The molecule has 1 aliphatic heterocycles. The number of thiophene rings is 1. The molecule has 0 radical (unpaired) electrons. The predicted molar refractivity (Wildman–Crippen MR) is 138 cm³/mol. The first-order valence-electron chi connectivity index (χ1n) is 11.8. The third kappa shape index (κ3) is 6.22. The summed E-state index contributed by atoms with van der Waals surface area (Å²) in [6.45, 7) is 3.02. The fourth-order valence-electron chi connectivity index (χ4n) is 4.15. The molecule has 36 heavy (non-hydrogen) atoms. The number of anilines is 1. The summed E-state index contributed by atoms with van der Waals surface area (Å²) < 4.78 is 25.1. The van der Waals surface area contributed by atoms with Crippen LogP contribution in [0.4, 0.5) is 14.9 Å². The summed E-state index contributed by atoms with van der Waals surface area (Å²) in [4.78, 5) is 30.9. The van der Waals surface area contributed by atoms with E-state index in [1.54, 1.807) is 41.5 Å². The van der Waals surface area contributed by atoms with E-state index < -0.39 is 5.82 Å². The molecule has 2 aromatic carbocycles. The molecule has 4 rings (SSSR count). The Kier molecular flexibility index (Phi) is 8.56. The minimum atomic E-state index is -0.449. The maximum Gasteiger partial charge on any atom is 0.322 e. The van der Waals surface area contributed by atoms with Gasteiger partial charge in [0.1, 0.15) is 13.2 Å². The molecule has 9 heteroatoms. The smallest absolute Gasteiger partial charge is 0.322 e. The highest BCUT2D eigenvalue weighted by molar-refractivity contribution is 7.10. The molecular formula is C27H30FN3O4S. The summed E-state index contributed by atoms with van der Waals surface area (Å²) in [5, 5.41) is 4.85. The number of fused-ring (bicyclic) bond motifs is 1. The van der Waals surface area contributed by atoms with Gasteiger partial charge in [0, 0.05) is 30.8 Å². The van der Waals surface area contributed by atoms with Crippen LogP contribution >= 0.6 is 11.3 Å². The van der Waals surface area contributed by atoms with Crippen LogP contribution in [0.25, 0.3) is 0 Å². The Morgan fingerprint density at radius 3 is 2.69 bits per heavy atom. The number of ether oxygens (including phenoxy) is 2. The molecular weight excluding hydrogens is 481 g/mol. The van der Waals surface area contributed by atoms with Gasteiger partial charge >= 0.3 is 6.03 Å². The van der Waals surface area contributed by atoms with Crippen molar-refractivity contribution in [3.05, 3.63) is 81.8 Å². The molecule has 1 aromatic heterocycles. The van der Waals surface area contributed by atoms with E-state index in [0.717, 1.165) is 17.5 Å². The number of carbonyl (C=O) groups is 2. The average molecular weight is 512 g/mol. The number of hydrogen-bond acceptors (Lipinski definition) is 5. The molecule has 0 bridgehead atoms. The van der Waals surface area contributed by atoms with E-state index in [4.69, 9.17) is 9.47 Å². The Morgan fingerprint density at radius 2 is 1.94 bits per heavy atom. The fraction of sp³-hybridized carbons (Fsp3) is 0.333. The summed E-state index contributed by atoms with van der Waals surface area (Å²) in [5.41, 5.74) is 2.74. The standard InChI is InChI=1S/C27H30FN3O4S/c1-19-7-9-20(10-8-19)29-27(33)30(14-15-34-2)17-26(32)31-13-11-25-21(12-16-36-25)23(31)18-35-24-6-4-3-5-22(24)28/h3-10,12,16,23H,11,13-15,17-18H2,1-2H3,(H,29,33)/t23-/m1/s1. The molecule has 0 spiro atoms. The van der Waals surface area contributed by atoms with Crippen molar-refractivity contribution in [2.24, 2.45) is 0 Å². The number of benzene rings is 2. The summed E-state index contributed by atoms with van der Waals surface area (Å²) >= 11 is 1.64. The van der Waals surface area contributed by atoms with Gasteiger partial charge in [-0.05, 0) is 54.6 Å². The van der Waals surface area contributed by atoms with Gasteiger partial charge in [-0.15, -0.1) is 11.3 Å². The first-order valence-corrected chi connectivity index (χ1v) is 12.7. The number of halogens is 1. The van der Waals surface area contributed by atoms with Crippen molar-refractivity contribution in [1.82, 2.24) is 9.80 Å². The van der Waals surface area contributed by atoms with Gasteiger partial charge in [0.15, 0.2) is 11.6 Å². The van der Waals surface area contributed by atoms with Gasteiger partial charge < -0.3 is 24.6 Å². The number of methoxy groups -OCH3 is 1. The number of rotatable bonds is 9. The normalized spacial score (nSPS) is 14.8. The molecule has 2 heterocycles. The molecule has 0 unspecified atom stereocenters. The molecule has 1 atom stereocenters. The summed E-state index contributed by atoms with van der Waals surface area (Å²) in [7, 11) is 1.55. The maximum atomic E-state index is 14.1. The lowest BCUT2D eigenvalue weighted by Gasteiger charge is -2.37. The predicted octanol–water partition coefficient (Wildman–Crippen LogP) is 4.88. The fourth-order valence-corrected chi connectivity index (χ4v) is 5.08. The number of para-hydroxylation sites is 1. The number of nitrogens with zero attached hydrogens (tertiary/aromatic N) is 2. The Labute approximate surface area is 214 Å². The molecule has 0 saturated heterocycles. The van der Waals surface area contributed by atoms with E-state index in [2.05, 4.69) is 5.32 Å². The summed E-state index contributed by atoms with van der Waals surface area (Å²) in [6, 6.07) is 14.9. The van der Waals surface area contributed by atoms with Crippen LogP contribution in [0.5, 0.6) is 5.75 Å². The van der Waals surface area contributed by atoms with Gasteiger partial charge in [0.05, 0.1) is 12.6 Å². The van der Waals surface area contributed by atoms with Gasteiger partial charge in [-0.1, -0.05) is 29.8 Å². The van der Waals surface area contributed by atoms with Crippen LogP contribution in [0, 0.1) is 12.7 Å². The van der Waals surface area contributed by atoms with Crippen molar-refractivity contribution < 1.29 is 23.5 Å². The number of amides is 3.